The standard InChI is InChI=1S/C13H12BrIN2O/c1-18-11-3-2-6-17-13(11)12(16)9-7-8(15)4-5-10(9)14/h2-7,12H,16H2,1H3. The lowest BCUT2D eigenvalue weighted by molar-refractivity contribution is 0.404. The third-order valence-corrected chi connectivity index (χ3v) is 4.00. The number of pyridine rings is 1. The fraction of sp³-hybridized carbons (Fsp3) is 0.154. The minimum absolute atomic E-state index is 0.315. The van der Waals surface area contributed by atoms with Crippen LogP contribution in [-0.2, 0) is 0 Å². The molecule has 0 aliphatic carbocycles. The minimum Gasteiger partial charge on any atom is -0.495 e. The molecule has 1 heterocycles. The molecule has 0 aliphatic rings. The Bertz CT molecular complexity index is 562. The molecule has 1 atom stereocenters. The van der Waals surface area contributed by atoms with Crippen molar-refractivity contribution in [1.82, 2.24) is 4.98 Å². The van der Waals surface area contributed by atoms with Crippen molar-refractivity contribution in [3.63, 3.8) is 0 Å². The highest BCUT2D eigenvalue weighted by Gasteiger charge is 2.17. The number of methoxy groups -OCH3 is 1. The number of nitrogens with zero attached hydrogens (tertiary/aromatic N) is 1. The first kappa shape index (κ1) is 13.8. The highest BCUT2D eigenvalue weighted by atomic mass is 127. The van der Waals surface area contributed by atoms with Crippen LogP contribution < -0.4 is 10.5 Å². The Morgan fingerprint density at radius 1 is 1.39 bits per heavy atom. The van der Waals surface area contributed by atoms with Gasteiger partial charge in [-0.05, 0) is 58.5 Å². The van der Waals surface area contributed by atoms with E-state index in [-0.39, 0.29) is 6.04 Å². The maximum absolute atomic E-state index is 6.29. The minimum atomic E-state index is -0.315. The van der Waals surface area contributed by atoms with Crippen molar-refractivity contribution in [2.75, 3.05) is 7.11 Å². The SMILES string of the molecule is COc1cccnc1C(N)c1cc(I)ccc1Br. The van der Waals surface area contributed by atoms with Crippen LogP contribution in [-0.4, -0.2) is 12.1 Å². The van der Waals surface area contributed by atoms with Crippen molar-refractivity contribution in [3.8, 4) is 5.75 Å². The molecule has 5 heteroatoms. The van der Waals surface area contributed by atoms with Crippen molar-refractivity contribution in [1.29, 1.82) is 0 Å². The zero-order chi connectivity index (χ0) is 13.1. The summed E-state index contributed by atoms with van der Waals surface area (Å²) in [5, 5.41) is 0. The van der Waals surface area contributed by atoms with E-state index in [2.05, 4.69) is 43.5 Å². The fourth-order valence-corrected chi connectivity index (χ4v) is 2.72. The largest absolute Gasteiger partial charge is 0.495 e. The van der Waals surface area contributed by atoms with Crippen molar-refractivity contribution < 1.29 is 4.74 Å². The van der Waals surface area contributed by atoms with Gasteiger partial charge in [0.15, 0.2) is 0 Å². The predicted molar refractivity (Wildman–Crippen MR) is 83.7 cm³/mol. The molecule has 2 N–H and O–H groups in total. The lowest BCUT2D eigenvalue weighted by atomic mass is 10.0. The molecular weight excluding hydrogens is 407 g/mol. The van der Waals surface area contributed by atoms with E-state index in [0.717, 1.165) is 19.3 Å². The van der Waals surface area contributed by atoms with Crippen LogP contribution in [0.15, 0.2) is 41.0 Å². The van der Waals surface area contributed by atoms with Crippen LogP contribution in [0.4, 0.5) is 0 Å². The molecule has 0 radical (unpaired) electrons. The lowest BCUT2D eigenvalue weighted by Crippen LogP contribution is -2.15. The molecule has 0 spiro atoms. The average Bonchev–Trinajstić information content (AvgIpc) is 2.40. The van der Waals surface area contributed by atoms with Crippen molar-refractivity contribution in [2.24, 2.45) is 5.73 Å². The quantitative estimate of drug-likeness (QED) is 0.776. The van der Waals surface area contributed by atoms with Crippen LogP contribution in [0, 0.1) is 3.57 Å². The zero-order valence-electron chi connectivity index (χ0n) is 9.73. The van der Waals surface area contributed by atoms with E-state index in [1.807, 2.05) is 30.3 Å². The van der Waals surface area contributed by atoms with Gasteiger partial charge < -0.3 is 10.5 Å². The van der Waals surface area contributed by atoms with Crippen molar-refractivity contribution in [3.05, 3.63) is 55.8 Å². The highest BCUT2D eigenvalue weighted by Crippen LogP contribution is 2.31. The van der Waals surface area contributed by atoms with Crippen LogP contribution >= 0.6 is 38.5 Å². The van der Waals surface area contributed by atoms with Crippen LogP contribution in [0.1, 0.15) is 17.3 Å². The second kappa shape index (κ2) is 5.99. The molecule has 1 unspecified atom stereocenters. The first-order valence-electron chi connectivity index (χ1n) is 5.33. The molecule has 1 aromatic carbocycles. The van der Waals surface area contributed by atoms with Gasteiger partial charge in [-0.15, -0.1) is 0 Å². The number of halogens is 2. The van der Waals surface area contributed by atoms with Gasteiger partial charge in [-0.3, -0.25) is 4.98 Å². The number of nitrogens with two attached hydrogens (primary N) is 1. The van der Waals surface area contributed by atoms with Gasteiger partial charge in [-0.2, -0.15) is 0 Å². The Hall–Kier alpha value is -0.660. The summed E-state index contributed by atoms with van der Waals surface area (Å²) < 4.78 is 7.41. The molecule has 0 saturated carbocycles. The van der Waals surface area contributed by atoms with Gasteiger partial charge >= 0.3 is 0 Å². The molecule has 0 saturated heterocycles. The van der Waals surface area contributed by atoms with Gasteiger partial charge in [0, 0.05) is 14.2 Å². The summed E-state index contributed by atoms with van der Waals surface area (Å²) >= 11 is 5.79. The number of hydrogen-bond donors (Lipinski definition) is 1. The highest BCUT2D eigenvalue weighted by molar-refractivity contribution is 14.1. The molecule has 0 bridgehead atoms. The van der Waals surface area contributed by atoms with Gasteiger partial charge in [0.05, 0.1) is 13.2 Å². The monoisotopic (exact) mass is 418 g/mol. The maximum atomic E-state index is 6.29. The van der Waals surface area contributed by atoms with Gasteiger partial charge in [-0.1, -0.05) is 15.9 Å². The molecule has 1 aromatic heterocycles. The summed E-state index contributed by atoms with van der Waals surface area (Å²) in [6.07, 6.45) is 1.72. The lowest BCUT2D eigenvalue weighted by Gasteiger charge is -2.16. The Balaban J connectivity index is 2.47. The van der Waals surface area contributed by atoms with Crippen molar-refractivity contribution >= 4 is 38.5 Å². The predicted octanol–water partition coefficient (Wildman–Crippen LogP) is 3.51. The molecule has 0 aliphatic heterocycles. The van der Waals surface area contributed by atoms with E-state index in [1.54, 1.807) is 13.3 Å². The third kappa shape index (κ3) is 2.84. The first-order valence-corrected chi connectivity index (χ1v) is 7.20. The average molecular weight is 419 g/mol. The number of hydrogen-bond acceptors (Lipinski definition) is 3. The van der Waals surface area contributed by atoms with Crippen LogP contribution in [0.25, 0.3) is 0 Å². The van der Waals surface area contributed by atoms with E-state index >= 15 is 0 Å². The van der Waals surface area contributed by atoms with E-state index in [1.165, 1.54) is 0 Å². The summed E-state index contributed by atoms with van der Waals surface area (Å²) in [7, 11) is 1.62. The summed E-state index contributed by atoms with van der Waals surface area (Å²) in [6.45, 7) is 0. The number of benzene rings is 1. The van der Waals surface area contributed by atoms with Gasteiger partial charge in [0.1, 0.15) is 11.4 Å². The molecule has 0 amide bonds. The van der Waals surface area contributed by atoms with E-state index in [0.29, 0.717) is 5.75 Å². The Morgan fingerprint density at radius 3 is 2.89 bits per heavy atom. The molecular formula is C13H12BrIN2O. The second-order valence-electron chi connectivity index (χ2n) is 3.73. The summed E-state index contributed by atoms with van der Waals surface area (Å²) in [5.41, 5.74) is 8.02. The van der Waals surface area contributed by atoms with E-state index in [9.17, 15) is 0 Å². The summed E-state index contributed by atoms with van der Waals surface area (Å²) in [5.74, 6) is 0.704. The Morgan fingerprint density at radius 2 is 2.17 bits per heavy atom. The molecule has 0 fully saturated rings. The Labute approximate surface area is 128 Å². The molecule has 18 heavy (non-hydrogen) atoms. The topological polar surface area (TPSA) is 48.1 Å². The number of rotatable bonds is 3. The van der Waals surface area contributed by atoms with E-state index < -0.39 is 0 Å². The maximum Gasteiger partial charge on any atom is 0.142 e. The van der Waals surface area contributed by atoms with Crippen LogP contribution in [0.2, 0.25) is 0 Å². The molecule has 94 valence electrons. The summed E-state index contributed by atoms with van der Waals surface area (Å²) in [4.78, 5) is 4.32. The smallest absolute Gasteiger partial charge is 0.142 e. The molecule has 3 nitrogen and oxygen atoms in total. The third-order valence-electron chi connectivity index (χ3n) is 2.61. The summed E-state index contributed by atoms with van der Waals surface area (Å²) in [6, 6.07) is 9.44. The second-order valence-corrected chi connectivity index (χ2v) is 5.83. The normalized spacial score (nSPS) is 12.2. The van der Waals surface area contributed by atoms with Gasteiger partial charge in [0.25, 0.3) is 0 Å². The van der Waals surface area contributed by atoms with Crippen LogP contribution in [0.3, 0.4) is 0 Å². The van der Waals surface area contributed by atoms with Gasteiger partial charge in [-0.25, -0.2) is 0 Å². The number of aromatic nitrogens is 1. The zero-order valence-corrected chi connectivity index (χ0v) is 13.5. The fourth-order valence-electron chi connectivity index (χ4n) is 1.71. The molecule has 2 aromatic rings. The number of ether oxygens (including phenoxy) is 1. The van der Waals surface area contributed by atoms with E-state index in [4.69, 9.17) is 10.5 Å². The van der Waals surface area contributed by atoms with Crippen LogP contribution in [0.5, 0.6) is 5.75 Å². The van der Waals surface area contributed by atoms with Gasteiger partial charge in [0.2, 0.25) is 0 Å². The molecule has 2 rings (SSSR count). The Kier molecular flexibility index (Phi) is 4.58. The first-order chi connectivity index (χ1) is 8.63. The van der Waals surface area contributed by atoms with Crippen molar-refractivity contribution in [2.45, 2.75) is 6.04 Å².